The first-order valence-corrected chi connectivity index (χ1v) is 15.8. The van der Waals surface area contributed by atoms with Crippen LogP contribution in [0, 0.1) is 22.7 Å². The average molecular weight is 531 g/mol. The van der Waals surface area contributed by atoms with Gasteiger partial charge in [0.25, 0.3) is 0 Å². The molecule has 3 unspecified atom stereocenters. The number of carbonyl (C=O) groups is 1. The van der Waals surface area contributed by atoms with Crippen LogP contribution in [-0.4, -0.2) is 16.2 Å². The largest absolute Gasteiger partial charge is 0.508 e. The van der Waals surface area contributed by atoms with Gasteiger partial charge in [-0.15, -0.1) is 0 Å². The van der Waals surface area contributed by atoms with Gasteiger partial charge in [-0.3, -0.25) is 4.79 Å². The van der Waals surface area contributed by atoms with Crippen molar-refractivity contribution in [3.8, 4) is 5.75 Å². The Labute approximate surface area is 236 Å². The Hall–Kier alpha value is -1.51. The maximum Gasteiger partial charge on any atom is 0.310 e. The summed E-state index contributed by atoms with van der Waals surface area (Å²) in [6.07, 6.45) is 19.9. The molecule has 3 nitrogen and oxygen atoms in total. The zero-order valence-corrected chi connectivity index (χ0v) is 26.4. The number of hydrogen-bond donors (Lipinski definition) is 2. The molecule has 0 bridgehead atoms. The van der Waals surface area contributed by atoms with Crippen LogP contribution in [0.3, 0.4) is 0 Å². The first kappa shape index (κ1) is 34.5. The second kappa shape index (κ2) is 17.2. The van der Waals surface area contributed by atoms with Crippen molar-refractivity contribution in [2.45, 2.75) is 158 Å². The molecule has 0 aromatic heterocycles. The van der Waals surface area contributed by atoms with E-state index in [4.69, 9.17) is 0 Å². The van der Waals surface area contributed by atoms with Gasteiger partial charge in [-0.05, 0) is 66.9 Å². The predicted octanol–water partition coefficient (Wildman–Crippen LogP) is 10.9. The van der Waals surface area contributed by atoms with Crippen molar-refractivity contribution in [2.24, 2.45) is 22.7 Å². The Bertz CT molecular complexity index is 783. The molecule has 0 amide bonds. The molecule has 0 fully saturated rings. The average Bonchev–Trinajstić information content (AvgIpc) is 2.81. The van der Waals surface area contributed by atoms with Gasteiger partial charge in [-0.1, -0.05) is 131 Å². The highest BCUT2D eigenvalue weighted by Crippen LogP contribution is 2.42. The molecule has 1 aromatic carbocycles. The van der Waals surface area contributed by atoms with Crippen molar-refractivity contribution in [3.05, 3.63) is 29.3 Å². The van der Waals surface area contributed by atoms with E-state index in [1.54, 1.807) is 19.1 Å². The van der Waals surface area contributed by atoms with Crippen molar-refractivity contribution in [3.63, 3.8) is 0 Å². The number of benzene rings is 1. The first-order chi connectivity index (χ1) is 17.8. The minimum atomic E-state index is -0.910. The Morgan fingerprint density at radius 2 is 1.24 bits per heavy atom. The normalized spacial score (nSPS) is 14.8. The molecule has 0 heterocycles. The van der Waals surface area contributed by atoms with Crippen molar-refractivity contribution in [1.29, 1.82) is 0 Å². The molecule has 3 atom stereocenters. The van der Waals surface area contributed by atoms with Gasteiger partial charge in [0.1, 0.15) is 5.75 Å². The third-order valence-corrected chi connectivity index (χ3v) is 8.89. The minimum Gasteiger partial charge on any atom is -0.508 e. The molecule has 38 heavy (non-hydrogen) atoms. The predicted molar refractivity (Wildman–Crippen MR) is 164 cm³/mol. The second-order valence-electron chi connectivity index (χ2n) is 14.2. The Kier molecular flexibility index (Phi) is 15.7. The number of aliphatic carboxylic acids is 1. The van der Waals surface area contributed by atoms with Crippen LogP contribution < -0.4 is 0 Å². The van der Waals surface area contributed by atoms with E-state index in [1.165, 1.54) is 83.5 Å². The number of phenolic OH excluding ortho intramolecular Hbond substituents is 1. The molecular formula is C35H62O3. The lowest BCUT2D eigenvalue weighted by molar-refractivity contribution is -0.138. The third kappa shape index (κ3) is 13.5. The molecule has 0 spiro atoms. The van der Waals surface area contributed by atoms with Gasteiger partial charge in [0.2, 0.25) is 0 Å². The second-order valence-corrected chi connectivity index (χ2v) is 14.2. The van der Waals surface area contributed by atoms with E-state index in [2.05, 4.69) is 48.5 Å². The molecule has 0 saturated carbocycles. The van der Waals surface area contributed by atoms with Crippen LogP contribution >= 0.6 is 0 Å². The van der Waals surface area contributed by atoms with Crippen LogP contribution in [-0.2, 0) is 11.2 Å². The number of hydrogen-bond acceptors (Lipinski definition) is 2. The Balaban J connectivity index is 2.60. The molecule has 1 aromatic rings. The van der Waals surface area contributed by atoms with Gasteiger partial charge < -0.3 is 10.2 Å². The lowest BCUT2D eigenvalue weighted by atomic mass is 9.66. The van der Waals surface area contributed by atoms with Gasteiger partial charge >= 0.3 is 5.97 Å². The van der Waals surface area contributed by atoms with Crippen LogP contribution in [0.1, 0.15) is 162 Å². The van der Waals surface area contributed by atoms with Gasteiger partial charge in [-0.2, -0.15) is 0 Å². The lowest BCUT2D eigenvalue weighted by Crippen LogP contribution is -2.29. The quantitative estimate of drug-likeness (QED) is 0.175. The zero-order valence-electron chi connectivity index (χ0n) is 26.4. The van der Waals surface area contributed by atoms with Crippen molar-refractivity contribution >= 4 is 5.97 Å². The van der Waals surface area contributed by atoms with Gasteiger partial charge in [0.15, 0.2) is 0 Å². The summed E-state index contributed by atoms with van der Waals surface area (Å²) in [5.41, 5.74) is 2.11. The molecule has 0 aliphatic heterocycles. The minimum absolute atomic E-state index is 0.105. The van der Waals surface area contributed by atoms with Crippen molar-refractivity contribution < 1.29 is 15.0 Å². The van der Waals surface area contributed by atoms with Crippen LogP contribution in [0.25, 0.3) is 0 Å². The summed E-state index contributed by atoms with van der Waals surface area (Å²) in [4.78, 5) is 11.3. The summed E-state index contributed by atoms with van der Waals surface area (Å²) in [5.74, 6) is -0.202. The van der Waals surface area contributed by atoms with E-state index in [9.17, 15) is 15.0 Å². The molecule has 2 N–H and O–H groups in total. The number of aromatic hydroxyl groups is 1. The SMILES string of the molecule is CCCCCCCCCCCCCC(CC(CCc1ccc(C(C)C(=O)O)c(O)c1)C(C)(C)C)C(C)(C)C. The van der Waals surface area contributed by atoms with Gasteiger partial charge in [0.05, 0.1) is 5.92 Å². The van der Waals surface area contributed by atoms with Crippen molar-refractivity contribution in [1.82, 2.24) is 0 Å². The van der Waals surface area contributed by atoms with Crippen LogP contribution in [0.15, 0.2) is 18.2 Å². The fourth-order valence-corrected chi connectivity index (χ4v) is 5.79. The van der Waals surface area contributed by atoms with E-state index in [1.807, 2.05) is 6.07 Å². The summed E-state index contributed by atoms with van der Waals surface area (Å²) >= 11 is 0. The summed E-state index contributed by atoms with van der Waals surface area (Å²) in [6.45, 7) is 18.3. The standard InChI is InChI=1S/C35H62O3/c1-9-10-11-12-13-14-15-16-17-18-19-20-29(34(3,4)5)26-30(35(6,7)8)23-21-28-22-24-31(32(36)25-28)27(2)33(37)38/h22,24-25,27,29-30,36H,9-21,23,26H2,1-8H3,(H,37,38). The number of unbranched alkanes of at least 4 members (excludes halogenated alkanes) is 10. The lowest BCUT2D eigenvalue weighted by Gasteiger charge is -2.39. The molecule has 0 aliphatic carbocycles. The highest BCUT2D eigenvalue weighted by atomic mass is 16.4. The maximum absolute atomic E-state index is 11.3. The fraction of sp³-hybridized carbons (Fsp3) is 0.800. The molecule has 0 saturated heterocycles. The van der Waals surface area contributed by atoms with E-state index in [0.29, 0.717) is 22.8 Å². The van der Waals surface area contributed by atoms with Crippen LogP contribution in [0.2, 0.25) is 0 Å². The van der Waals surface area contributed by atoms with Gasteiger partial charge in [-0.25, -0.2) is 0 Å². The third-order valence-electron chi connectivity index (χ3n) is 8.89. The molecule has 1 rings (SSSR count). The molecule has 0 aliphatic rings. The maximum atomic E-state index is 11.3. The topological polar surface area (TPSA) is 57.5 Å². The van der Waals surface area contributed by atoms with E-state index >= 15 is 0 Å². The monoisotopic (exact) mass is 530 g/mol. The van der Waals surface area contributed by atoms with E-state index in [-0.39, 0.29) is 11.2 Å². The van der Waals surface area contributed by atoms with E-state index in [0.717, 1.165) is 18.4 Å². The number of carboxylic acid groups (broad SMARTS) is 1. The van der Waals surface area contributed by atoms with Crippen LogP contribution in [0.5, 0.6) is 5.75 Å². The van der Waals surface area contributed by atoms with Gasteiger partial charge in [0, 0.05) is 5.56 Å². The molecule has 0 radical (unpaired) electrons. The summed E-state index contributed by atoms with van der Waals surface area (Å²) in [7, 11) is 0. The summed E-state index contributed by atoms with van der Waals surface area (Å²) in [5, 5.41) is 19.7. The highest BCUT2D eigenvalue weighted by molar-refractivity contribution is 5.76. The highest BCUT2D eigenvalue weighted by Gasteiger charge is 2.32. The molecule has 3 heteroatoms. The summed E-state index contributed by atoms with van der Waals surface area (Å²) < 4.78 is 0. The number of aryl methyl sites for hydroxylation is 1. The Morgan fingerprint density at radius 3 is 1.68 bits per heavy atom. The van der Waals surface area contributed by atoms with E-state index < -0.39 is 11.9 Å². The van der Waals surface area contributed by atoms with Crippen LogP contribution in [0.4, 0.5) is 0 Å². The number of rotatable bonds is 19. The summed E-state index contributed by atoms with van der Waals surface area (Å²) in [6, 6.07) is 5.57. The first-order valence-electron chi connectivity index (χ1n) is 15.8. The number of phenols is 1. The van der Waals surface area contributed by atoms with Crippen molar-refractivity contribution in [2.75, 3.05) is 0 Å². The fourth-order valence-electron chi connectivity index (χ4n) is 5.79. The zero-order chi connectivity index (χ0) is 28.8. The smallest absolute Gasteiger partial charge is 0.310 e. The number of carboxylic acids is 1. The Morgan fingerprint density at radius 1 is 0.763 bits per heavy atom. The molecular weight excluding hydrogens is 468 g/mol. The molecule has 220 valence electrons.